The molecule has 2 fully saturated rings. The van der Waals surface area contributed by atoms with Crippen LogP contribution in [0.5, 0.6) is 0 Å². The summed E-state index contributed by atoms with van der Waals surface area (Å²) in [4.78, 5) is 25.7. The average Bonchev–Trinajstić information content (AvgIpc) is 3.12. The van der Waals surface area contributed by atoms with Crippen molar-refractivity contribution in [3.8, 4) is 0 Å². The molecular weight excluding hydrogens is 299 g/mol. The number of rotatable bonds is 1. The van der Waals surface area contributed by atoms with E-state index < -0.39 is 53.3 Å². The standard InChI is InChI=1S/C15H10F3NO3/c16-15(17,18)7-3-1-2-4-8(7)19-13(20)11-9-5-6-10(22-9)12(11)14(19)21/h1-6,9-12H/t9-,10+,11-,12-/m0/s1. The molecule has 3 heterocycles. The molecule has 4 rings (SSSR count). The van der Waals surface area contributed by atoms with Gasteiger partial charge in [-0.25, -0.2) is 4.90 Å². The number of carbonyl (C=O) groups excluding carboxylic acids is 2. The number of halogens is 3. The third kappa shape index (κ3) is 1.62. The van der Waals surface area contributed by atoms with Crippen LogP contribution in [-0.4, -0.2) is 24.0 Å². The van der Waals surface area contributed by atoms with Crippen molar-refractivity contribution in [3.05, 3.63) is 42.0 Å². The quantitative estimate of drug-likeness (QED) is 0.590. The number of carbonyl (C=O) groups is 2. The van der Waals surface area contributed by atoms with Crippen LogP contribution in [0.3, 0.4) is 0 Å². The van der Waals surface area contributed by atoms with Crippen LogP contribution in [0.2, 0.25) is 0 Å². The first-order valence-corrected chi connectivity index (χ1v) is 6.77. The summed E-state index contributed by atoms with van der Waals surface area (Å²) >= 11 is 0. The second-order valence-electron chi connectivity index (χ2n) is 5.53. The summed E-state index contributed by atoms with van der Waals surface area (Å²) in [5.41, 5.74) is -1.39. The zero-order valence-corrected chi connectivity index (χ0v) is 11.1. The first kappa shape index (κ1) is 13.5. The van der Waals surface area contributed by atoms with Crippen molar-refractivity contribution >= 4 is 17.5 Å². The number of alkyl halides is 3. The lowest BCUT2D eigenvalue weighted by atomic mass is 9.85. The normalized spacial score (nSPS) is 33.0. The van der Waals surface area contributed by atoms with E-state index in [2.05, 4.69) is 0 Å². The fourth-order valence-corrected chi connectivity index (χ4v) is 3.45. The first-order valence-electron chi connectivity index (χ1n) is 6.77. The summed E-state index contributed by atoms with van der Waals surface area (Å²) in [5, 5.41) is 0. The second-order valence-corrected chi connectivity index (χ2v) is 5.53. The molecule has 0 radical (unpaired) electrons. The largest absolute Gasteiger partial charge is 0.418 e. The van der Waals surface area contributed by atoms with Crippen molar-refractivity contribution in [3.63, 3.8) is 0 Å². The maximum absolute atomic E-state index is 13.1. The van der Waals surface area contributed by atoms with Gasteiger partial charge in [-0.2, -0.15) is 13.2 Å². The maximum Gasteiger partial charge on any atom is 0.418 e. The summed E-state index contributed by atoms with van der Waals surface area (Å²) in [6.07, 6.45) is -2.29. The van der Waals surface area contributed by atoms with Crippen LogP contribution in [0.4, 0.5) is 18.9 Å². The smallest absolute Gasteiger partial charge is 0.365 e. The number of fused-ring (bicyclic) bond motifs is 5. The van der Waals surface area contributed by atoms with E-state index in [0.29, 0.717) is 4.90 Å². The molecule has 0 unspecified atom stereocenters. The number of benzene rings is 1. The van der Waals surface area contributed by atoms with Crippen LogP contribution in [0.25, 0.3) is 0 Å². The number of hydrogen-bond acceptors (Lipinski definition) is 3. The summed E-state index contributed by atoms with van der Waals surface area (Å²) in [6, 6.07) is 4.62. The molecule has 22 heavy (non-hydrogen) atoms. The van der Waals surface area contributed by atoms with Gasteiger partial charge in [0.25, 0.3) is 0 Å². The van der Waals surface area contributed by atoms with Crippen LogP contribution in [-0.2, 0) is 20.5 Å². The minimum absolute atomic E-state index is 0.404. The van der Waals surface area contributed by atoms with Gasteiger partial charge >= 0.3 is 6.18 Å². The average molecular weight is 309 g/mol. The number of para-hydroxylation sites is 1. The van der Waals surface area contributed by atoms with Crippen molar-refractivity contribution in [2.45, 2.75) is 18.4 Å². The van der Waals surface area contributed by atoms with Gasteiger partial charge in [-0.3, -0.25) is 9.59 Å². The van der Waals surface area contributed by atoms with E-state index in [9.17, 15) is 22.8 Å². The molecule has 1 aromatic carbocycles. The molecule has 2 bridgehead atoms. The molecule has 0 saturated carbocycles. The Hall–Kier alpha value is -2.15. The molecule has 2 saturated heterocycles. The van der Waals surface area contributed by atoms with Crippen LogP contribution in [0, 0.1) is 11.8 Å². The third-order valence-corrected chi connectivity index (χ3v) is 4.36. The van der Waals surface area contributed by atoms with E-state index in [-0.39, 0.29) is 0 Å². The van der Waals surface area contributed by atoms with Gasteiger partial charge in [0.15, 0.2) is 0 Å². The Morgan fingerprint density at radius 3 is 2.05 bits per heavy atom. The number of hydrogen-bond donors (Lipinski definition) is 0. The lowest BCUT2D eigenvalue weighted by Gasteiger charge is -2.21. The highest BCUT2D eigenvalue weighted by Crippen LogP contribution is 2.48. The number of imide groups is 1. The molecule has 0 aliphatic carbocycles. The Balaban J connectivity index is 1.80. The van der Waals surface area contributed by atoms with Crippen LogP contribution in [0.15, 0.2) is 36.4 Å². The summed E-state index contributed by atoms with van der Waals surface area (Å²) < 4.78 is 44.8. The summed E-state index contributed by atoms with van der Waals surface area (Å²) in [5.74, 6) is -2.68. The van der Waals surface area contributed by atoms with Gasteiger partial charge < -0.3 is 4.74 Å². The van der Waals surface area contributed by atoms with E-state index in [1.54, 1.807) is 12.2 Å². The molecule has 0 spiro atoms. The molecule has 4 atom stereocenters. The van der Waals surface area contributed by atoms with Crippen molar-refractivity contribution in [2.24, 2.45) is 11.8 Å². The van der Waals surface area contributed by atoms with Gasteiger partial charge in [0.1, 0.15) is 0 Å². The molecule has 7 heteroatoms. The highest BCUT2D eigenvalue weighted by atomic mass is 19.4. The predicted octanol–water partition coefficient (Wildman–Crippen LogP) is 2.15. The zero-order valence-electron chi connectivity index (χ0n) is 11.1. The molecular formula is C15H10F3NO3. The highest BCUT2D eigenvalue weighted by molar-refractivity contribution is 6.23. The molecule has 0 N–H and O–H groups in total. The number of amides is 2. The lowest BCUT2D eigenvalue weighted by molar-refractivity contribution is -0.137. The summed E-state index contributed by atoms with van der Waals surface area (Å²) in [6.45, 7) is 0. The summed E-state index contributed by atoms with van der Waals surface area (Å²) in [7, 11) is 0. The zero-order chi connectivity index (χ0) is 15.6. The van der Waals surface area contributed by atoms with Crippen molar-refractivity contribution in [1.29, 1.82) is 0 Å². The van der Waals surface area contributed by atoms with E-state index in [4.69, 9.17) is 4.74 Å². The number of anilines is 1. The highest BCUT2D eigenvalue weighted by Gasteiger charge is 2.61. The van der Waals surface area contributed by atoms with Crippen LogP contribution >= 0.6 is 0 Å². The molecule has 3 aliphatic heterocycles. The van der Waals surface area contributed by atoms with Crippen LogP contribution < -0.4 is 4.90 Å². The first-order chi connectivity index (χ1) is 10.4. The minimum Gasteiger partial charge on any atom is -0.365 e. The number of ether oxygens (including phenoxy) is 1. The van der Waals surface area contributed by atoms with Crippen LogP contribution in [0.1, 0.15) is 5.56 Å². The van der Waals surface area contributed by atoms with Crippen molar-refractivity contribution in [2.75, 3.05) is 4.90 Å². The Kier molecular flexibility index (Phi) is 2.57. The van der Waals surface area contributed by atoms with E-state index >= 15 is 0 Å². The Bertz CT molecular complexity index is 682. The lowest BCUT2D eigenvalue weighted by Crippen LogP contribution is -2.35. The van der Waals surface area contributed by atoms with Gasteiger partial charge in [-0.15, -0.1) is 0 Å². The fourth-order valence-electron chi connectivity index (χ4n) is 3.45. The minimum atomic E-state index is -4.64. The van der Waals surface area contributed by atoms with E-state index in [1.165, 1.54) is 12.1 Å². The Morgan fingerprint density at radius 2 is 1.50 bits per heavy atom. The topological polar surface area (TPSA) is 46.6 Å². The molecule has 114 valence electrons. The Morgan fingerprint density at radius 1 is 0.955 bits per heavy atom. The van der Waals surface area contributed by atoms with Gasteiger partial charge in [0.05, 0.1) is 35.3 Å². The second kappa shape index (κ2) is 4.19. The fraction of sp³-hybridized carbons (Fsp3) is 0.333. The SMILES string of the molecule is O=C1[C@@H]2[C@@H](C(=O)N1c1ccccc1C(F)(F)F)[C@H]1C=C[C@@H]2O1. The number of nitrogens with zero attached hydrogens (tertiary/aromatic N) is 1. The van der Waals surface area contributed by atoms with Crippen molar-refractivity contribution < 1.29 is 27.5 Å². The Labute approximate surface area is 123 Å². The van der Waals surface area contributed by atoms with Gasteiger partial charge in [0.2, 0.25) is 11.8 Å². The third-order valence-electron chi connectivity index (χ3n) is 4.36. The maximum atomic E-state index is 13.1. The molecule has 1 aromatic rings. The molecule has 4 nitrogen and oxygen atoms in total. The van der Waals surface area contributed by atoms with E-state index in [0.717, 1.165) is 12.1 Å². The van der Waals surface area contributed by atoms with E-state index in [1.807, 2.05) is 0 Å². The predicted molar refractivity (Wildman–Crippen MR) is 68.7 cm³/mol. The monoisotopic (exact) mass is 309 g/mol. The molecule has 3 aliphatic rings. The van der Waals surface area contributed by atoms with Gasteiger partial charge in [-0.05, 0) is 12.1 Å². The van der Waals surface area contributed by atoms with Gasteiger partial charge in [-0.1, -0.05) is 24.3 Å². The molecule has 2 amide bonds. The van der Waals surface area contributed by atoms with Crippen molar-refractivity contribution in [1.82, 2.24) is 0 Å². The molecule has 0 aromatic heterocycles. The van der Waals surface area contributed by atoms with Gasteiger partial charge in [0, 0.05) is 0 Å².